The van der Waals surface area contributed by atoms with E-state index < -0.39 is 0 Å². The third-order valence-corrected chi connectivity index (χ3v) is 3.37. The van der Waals surface area contributed by atoms with Gasteiger partial charge in [-0.1, -0.05) is 12.2 Å². The summed E-state index contributed by atoms with van der Waals surface area (Å²) in [7, 11) is 0. The third-order valence-electron chi connectivity index (χ3n) is 3.37. The SMILES string of the molecule is O=C1NNC(=O)[C@H]2[C@H]1[C@@H]1C=C[C@@H]2C1. The summed E-state index contributed by atoms with van der Waals surface area (Å²) in [5.74, 6) is 0.317. The second kappa shape index (κ2) is 2.13. The zero-order valence-electron chi connectivity index (χ0n) is 6.99. The summed E-state index contributed by atoms with van der Waals surface area (Å²) in [5, 5.41) is 0. The number of carbonyl (C=O) groups excluding carboxylic acids is 2. The summed E-state index contributed by atoms with van der Waals surface area (Å²) < 4.78 is 0. The highest BCUT2D eigenvalue weighted by Crippen LogP contribution is 2.48. The van der Waals surface area contributed by atoms with Crippen molar-refractivity contribution in [2.45, 2.75) is 6.42 Å². The molecule has 0 aromatic carbocycles. The summed E-state index contributed by atoms with van der Waals surface area (Å²) in [6.45, 7) is 0. The van der Waals surface area contributed by atoms with E-state index in [2.05, 4.69) is 23.0 Å². The second-order valence-corrected chi connectivity index (χ2v) is 3.98. The molecule has 4 heteroatoms. The molecule has 0 aromatic rings. The average Bonchev–Trinajstić information content (AvgIpc) is 2.70. The number of amides is 2. The van der Waals surface area contributed by atoms with Crippen LogP contribution in [0.25, 0.3) is 0 Å². The van der Waals surface area contributed by atoms with E-state index in [1.165, 1.54) is 0 Å². The molecule has 4 atom stereocenters. The molecule has 2 aliphatic carbocycles. The Balaban J connectivity index is 2.03. The van der Waals surface area contributed by atoms with Crippen LogP contribution in [0.3, 0.4) is 0 Å². The molecule has 2 fully saturated rings. The Kier molecular flexibility index (Phi) is 1.17. The molecule has 0 aromatic heterocycles. The molecule has 1 saturated heterocycles. The lowest BCUT2D eigenvalue weighted by Crippen LogP contribution is -2.57. The van der Waals surface area contributed by atoms with E-state index in [0.717, 1.165) is 6.42 Å². The molecule has 4 nitrogen and oxygen atoms in total. The van der Waals surface area contributed by atoms with Crippen LogP contribution in [-0.4, -0.2) is 11.8 Å². The molecule has 0 spiro atoms. The minimum absolute atomic E-state index is 0.0264. The lowest BCUT2D eigenvalue weighted by molar-refractivity contribution is -0.143. The number of rotatable bonds is 0. The minimum Gasteiger partial charge on any atom is -0.273 e. The Morgan fingerprint density at radius 2 is 1.46 bits per heavy atom. The van der Waals surface area contributed by atoms with Crippen molar-refractivity contribution in [2.75, 3.05) is 0 Å². The van der Waals surface area contributed by atoms with Gasteiger partial charge in [0.05, 0.1) is 11.8 Å². The second-order valence-electron chi connectivity index (χ2n) is 3.98. The van der Waals surface area contributed by atoms with Crippen molar-refractivity contribution >= 4 is 11.8 Å². The van der Waals surface area contributed by atoms with Gasteiger partial charge in [0.25, 0.3) is 0 Å². The fraction of sp³-hybridized carbons (Fsp3) is 0.556. The van der Waals surface area contributed by atoms with Crippen LogP contribution in [0, 0.1) is 23.7 Å². The van der Waals surface area contributed by atoms with Crippen molar-refractivity contribution in [1.29, 1.82) is 0 Å². The van der Waals surface area contributed by atoms with Crippen LogP contribution in [0.2, 0.25) is 0 Å². The first-order valence-corrected chi connectivity index (χ1v) is 4.55. The number of carbonyl (C=O) groups is 2. The topological polar surface area (TPSA) is 58.2 Å². The van der Waals surface area contributed by atoms with Crippen LogP contribution in [0.15, 0.2) is 12.2 Å². The summed E-state index contributed by atoms with van der Waals surface area (Å²) in [5.41, 5.74) is 4.83. The van der Waals surface area contributed by atoms with E-state index in [1.54, 1.807) is 0 Å². The lowest BCUT2D eigenvalue weighted by atomic mass is 9.81. The van der Waals surface area contributed by atoms with E-state index in [9.17, 15) is 9.59 Å². The number of nitrogens with one attached hydrogen (secondary N) is 2. The lowest BCUT2D eigenvalue weighted by Gasteiger charge is -2.30. The number of hydrogen-bond donors (Lipinski definition) is 2. The summed E-state index contributed by atoms with van der Waals surface area (Å²) in [6.07, 6.45) is 5.12. The van der Waals surface area contributed by atoms with E-state index in [0.29, 0.717) is 11.8 Å². The molecule has 0 unspecified atom stereocenters. The molecule has 68 valence electrons. The molecule has 1 aliphatic heterocycles. The van der Waals surface area contributed by atoms with Crippen molar-refractivity contribution in [2.24, 2.45) is 23.7 Å². The largest absolute Gasteiger partial charge is 0.273 e. The maximum Gasteiger partial charge on any atom is 0.242 e. The van der Waals surface area contributed by atoms with E-state index in [-0.39, 0.29) is 23.7 Å². The summed E-state index contributed by atoms with van der Waals surface area (Å²) >= 11 is 0. The van der Waals surface area contributed by atoms with Crippen LogP contribution >= 0.6 is 0 Å². The smallest absolute Gasteiger partial charge is 0.242 e. The molecular formula is C9H10N2O2. The molecule has 2 amide bonds. The van der Waals surface area contributed by atoms with Gasteiger partial charge in [-0.25, -0.2) is 0 Å². The van der Waals surface area contributed by atoms with Gasteiger partial charge in [0.2, 0.25) is 11.8 Å². The van der Waals surface area contributed by atoms with Crippen LogP contribution in [0.1, 0.15) is 6.42 Å². The molecule has 13 heavy (non-hydrogen) atoms. The summed E-state index contributed by atoms with van der Waals surface area (Å²) in [6, 6.07) is 0. The fourth-order valence-electron chi connectivity index (χ4n) is 2.83. The zero-order valence-corrected chi connectivity index (χ0v) is 6.99. The van der Waals surface area contributed by atoms with Crippen LogP contribution < -0.4 is 10.9 Å². The van der Waals surface area contributed by atoms with E-state index in [4.69, 9.17) is 0 Å². The van der Waals surface area contributed by atoms with E-state index in [1.807, 2.05) is 0 Å². The molecule has 3 rings (SSSR count). The Hall–Kier alpha value is -1.32. The van der Waals surface area contributed by atoms with Gasteiger partial charge in [-0.3, -0.25) is 20.4 Å². The van der Waals surface area contributed by atoms with Gasteiger partial charge in [0.15, 0.2) is 0 Å². The number of allylic oxidation sites excluding steroid dienone is 2. The first-order chi connectivity index (χ1) is 6.27. The fourth-order valence-corrected chi connectivity index (χ4v) is 2.83. The molecule has 3 aliphatic rings. The van der Waals surface area contributed by atoms with Gasteiger partial charge < -0.3 is 0 Å². The quantitative estimate of drug-likeness (QED) is 0.495. The van der Waals surface area contributed by atoms with Crippen molar-refractivity contribution in [3.05, 3.63) is 12.2 Å². The van der Waals surface area contributed by atoms with Gasteiger partial charge in [0, 0.05) is 0 Å². The highest BCUT2D eigenvalue weighted by atomic mass is 16.2. The molecule has 2 bridgehead atoms. The van der Waals surface area contributed by atoms with Crippen LogP contribution in [0.4, 0.5) is 0 Å². The first kappa shape index (κ1) is 7.12. The monoisotopic (exact) mass is 178 g/mol. The predicted octanol–water partition coefficient (Wildman–Crippen LogP) is -0.414. The first-order valence-electron chi connectivity index (χ1n) is 4.55. The normalized spacial score (nSPS) is 45.8. The zero-order chi connectivity index (χ0) is 9.00. The Bertz CT molecular complexity index is 294. The number of fused-ring (bicyclic) bond motifs is 5. The van der Waals surface area contributed by atoms with Crippen LogP contribution in [0.5, 0.6) is 0 Å². The number of hydrogen-bond acceptors (Lipinski definition) is 2. The molecule has 1 heterocycles. The molecule has 1 saturated carbocycles. The Morgan fingerprint density at radius 3 is 1.92 bits per heavy atom. The highest BCUT2D eigenvalue weighted by Gasteiger charge is 2.53. The summed E-state index contributed by atoms with van der Waals surface area (Å²) in [4.78, 5) is 22.9. The van der Waals surface area contributed by atoms with Gasteiger partial charge in [-0.05, 0) is 18.3 Å². The standard InChI is InChI=1S/C9H10N2O2/c12-8-6-4-1-2-5(3-4)7(6)9(13)11-10-8/h1-2,4-7H,3H2,(H,10,12)(H,11,13)/t4-,5-,6-,7-/m1/s1. The number of hydrazine groups is 1. The van der Waals surface area contributed by atoms with Crippen molar-refractivity contribution in [3.63, 3.8) is 0 Å². The van der Waals surface area contributed by atoms with Crippen molar-refractivity contribution < 1.29 is 9.59 Å². The maximum atomic E-state index is 11.5. The minimum atomic E-state index is -0.108. The van der Waals surface area contributed by atoms with Crippen molar-refractivity contribution in [3.8, 4) is 0 Å². The third kappa shape index (κ3) is 0.753. The molecule has 0 radical (unpaired) electrons. The van der Waals surface area contributed by atoms with Gasteiger partial charge in [-0.2, -0.15) is 0 Å². The molecular weight excluding hydrogens is 168 g/mol. The maximum absolute atomic E-state index is 11.5. The van der Waals surface area contributed by atoms with Gasteiger partial charge in [-0.15, -0.1) is 0 Å². The Labute approximate surface area is 75.3 Å². The predicted molar refractivity (Wildman–Crippen MR) is 44.0 cm³/mol. The van der Waals surface area contributed by atoms with Crippen LogP contribution in [-0.2, 0) is 9.59 Å². The Morgan fingerprint density at radius 1 is 1.00 bits per heavy atom. The van der Waals surface area contributed by atoms with Gasteiger partial charge in [0.1, 0.15) is 0 Å². The highest BCUT2D eigenvalue weighted by molar-refractivity contribution is 5.94. The molecule has 2 N–H and O–H groups in total. The van der Waals surface area contributed by atoms with Gasteiger partial charge >= 0.3 is 0 Å². The van der Waals surface area contributed by atoms with E-state index >= 15 is 0 Å². The van der Waals surface area contributed by atoms with Crippen molar-refractivity contribution in [1.82, 2.24) is 10.9 Å². The average molecular weight is 178 g/mol.